The molecule has 1 heterocycles. The minimum Gasteiger partial charge on any atom is -0.497 e. The van der Waals surface area contributed by atoms with Gasteiger partial charge >= 0.3 is 5.97 Å². The number of hydrogen-bond donors (Lipinski definition) is 1. The number of nitrogens with one attached hydrogen (secondary N) is 1. The molecule has 3 rings (SSSR count). The van der Waals surface area contributed by atoms with Gasteiger partial charge in [-0.05, 0) is 31.0 Å². The lowest BCUT2D eigenvalue weighted by molar-refractivity contribution is -0.124. The molecule has 0 atom stereocenters. The van der Waals surface area contributed by atoms with Gasteiger partial charge in [-0.15, -0.1) is 11.3 Å². The Morgan fingerprint density at radius 3 is 2.48 bits per heavy atom. The van der Waals surface area contributed by atoms with E-state index in [1.54, 1.807) is 14.0 Å². The minimum absolute atomic E-state index is 0.320. The van der Waals surface area contributed by atoms with Crippen molar-refractivity contribution in [3.63, 3.8) is 0 Å². The maximum absolute atomic E-state index is 12.3. The number of benzene rings is 2. The van der Waals surface area contributed by atoms with E-state index in [0.29, 0.717) is 23.5 Å². The number of carbonyl (C=O) groups is 2. The van der Waals surface area contributed by atoms with Gasteiger partial charge in [0.25, 0.3) is 5.91 Å². The van der Waals surface area contributed by atoms with Crippen molar-refractivity contribution < 1.29 is 19.1 Å². The van der Waals surface area contributed by atoms with Crippen molar-refractivity contribution in [1.82, 2.24) is 10.3 Å². The highest BCUT2D eigenvalue weighted by atomic mass is 32.1. The number of hydrogen-bond acceptors (Lipinski definition) is 6. The van der Waals surface area contributed by atoms with Crippen molar-refractivity contribution in [2.75, 3.05) is 20.3 Å². The fraction of sp³-hybridized carbons (Fsp3) is 0.227. The molecule has 0 spiro atoms. The third-order valence-corrected chi connectivity index (χ3v) is 5.42. The number of aromatic nitrogens is 1. The van der Waals surface area contributed by atoms with Crippen molar-refractivity contribution in [2.45, 2.75) is 13.3 Å². The van der Waals surface area contributed by atoms with Gasteiger partial charge in [0.15, 0.2) is 6.61 Å². The number of esters is 1. The summed E-state index contributed by atoms with van der Waals surface area (Å²) in [5.41, 5.74) is 2.62. The lowest BCUT2D eigenvalue weighted by Gasteiger charge is -2.07. The SMILES string of the molecule is COc1ccc(CCNC(=O)COC(=O)c2sc(-c3ccccc3)nc2C)cc1. The summed E-state index contributed by atoms with van der Waals surface area (Å²) in [5, 5.41) is 3.50. The van der Waals surface area contributed by atoms with Gasteiger partial charge in [-0.3, -0.25) is 4.79 Å². The molecule has 0 fully saturated rings. The molecule has 150 valence electrons. The Hall–Kier alpha value is -3.19. The molecule has 1 amide bonds. The van der Waals surface area contributed by atoms with Gasteiger partial charge in [0.2, 0.25) is 0 Å². The molecule has 29 heavy (non-hydrogen) atoms. The Kier molecular flexibility index (Phi) is 6.97. The maximum Gasteiger partial charge on any atom is 0.350 e. The third-order valence-electron chi connectivity index (χ3n) is 4.23. The average Bonchev–Trinajstić information content (AvgIpc) is 3.15. The number of thiazole rings is 1. The first-order valence-corrected chi connectivity index (χ1v) is 9.98. The smallest absolute Gasteiger partial charge is 0.350 e. The predicted octanol–water partition coefficient (Wildman–Crippen LogP) is 3.64. The van der Waals surface area contributed by atoms with E-state index in [4.69, 9.17) is 9.47 Å². The third kappa shape index (κ3) is 5.65. The van der Waals surface area contributed by atoms with Gasteiger partial charge in [0.05, 0.1) is 12.8 Å². The molecular weight excluding hydrogens is 388 g/mol. The molecule has 1 N–H and O–H groups in total. The zero-order chi connectivity index (χ0) is 20.6. The van der Waals surface area contributed by atoms with Crippen LogP contribution < -0.4 is 10.1 Å². The van der Waals surface area contributed by atoms with Crippen molar-refractivity contribution in [1.29, 1.82) is 0 Å². The number of rotatable bonds is 8. The topological polar surface area (TPSA) is 77.5 Å². The van der Waals surface area contributed by atoms with Crippen LogP contribution in [0.1, 0.15) is 20.9 Å². The maximum atomic E-state index is 12.3. The number of aryl methyl sites for hydroxylation is 1. The van der Waals surface area contributed by atoms with E-state index in [-0.39, 0.29) is 12.5 Å². The van der Waals surface area contributed by atoms with E-state index in [1.807, 2.05) is 54.6 Å². The van der Waals surface area contributed by atoms with Gasteiger partial charge < -0.3 is 14.8 Å². The molecule has 2 aromatic carbocycles. The number of nitrogens with zero attached hydrogens (tertiary/aromatic N) is 1. The summed E-state index contributed by atoms with van der Waals surface area (Å²) >= 11 is 1.26. The van der Waals surface area contributed by atoms with Crippen LogP contribution in [0.4, 0.5) is 0 Å². The largest absolute Gasteiger partial charge is 0.497 e. The Balaban J connectivity index is 1.46. The molecule has 0 aliphatic rings. The van der Waals surface area contributed by atoms with Crippen LogP contribution >= 0.6 is 11.3 Å². The molecule has 0 bridgehead atoms. The summed E-state index contributed by atoms with van der Waals surface area (Å²) in [6.07, 6.45) is 0.679. The molecule has 3 aromatic rings. The predicted molar refractivity (Wildman–Crippen MR) is 112 cm³/mol. The fourth-order valence-corrected chi connectivity index (χ4v) is 3.64. The molecular formula is C22H22N2O4S. The van der Waals surface area contributed by atoms with Crippen molar-refractivity contribution >= 4 is 23.2 Å². The molecule has 7 heteroatoms. The van der Waals surface area contributed by atoms with E-state index in [2.05, 4.69) is 10.3 Å². The van der Waals surface area contributed by atoms with Gasteiger partial charge in [-0.25, -0.2) is 9.78 Å². The quantitative estimate of drug-likeness (QED) is 0.574. The minimum atomic E-state index is -0.535. The van der Waals surface area contributed by atoms with Crippen molar-refractivity contribution in [3.8, 4) is 16.3 Å². The van der Waals surface area contributed by atoms with Crippen LogP contribution in [0.25, 0.3) is 10.6 Å². The van der Waals surface area contributed by atoms with E-state index >= 15 is 0 Å². The van der Waals surface area contributed by atoms with E-state index in [1.165, 1.54) is 11.3 Å². The molecule has 0 unspecified atom stereocenters. The summed E-state index contributed by atoms with van der Waals surface area (Å²) in [7, 11) is 1.62. The summed E-state index contributed by atoms with van der Waals surface area (Å²) < 4.78 is 10.3. The first kappa shape index (κ1) is 20.5. The molecule has 6 nitrogen and oxygen atoms in total. The van der Waals surface area contributed by atoms with Gasteiger partial charge in [0, 0.05) is 12.1 Å². The number of methoxy groups -OCH3 is 1. The lowest BCUT2D eigenvalue weighted by Crippen LogP contribution is -2.30. The first-order chi connectivity index (χ1) is 14.1. The Bertz CT molecular complexity index is 968. The zero-order valence-electron chi connectivity index (χ0n) is 16.3. The molecule has 0 aliphatic heterocycles. The summed E-state index contributed by atoms with van der Waals surface area (Å²) in [5.74, 6) is -0.0803. The van der Waals surface area contributed by atoms with Gasteiger partial charge in [-0.1, -0.05) is 42.5 Å². The van der Waals surface area contributed by atoms with E-state index in [0.717, 1.165) is 21.9 Å². The Morgan fingerprint density at radius 1 is 1.07 bits per heavy atom. The molecule has 0 radical (unpaired) electrons. The lowest BCUT2D eigenvalue weighted by atomic mass is 10.1. The highest BCUT2D eigenvalue weighted by molar-refractivity contribution is 7.17. The number of amides is 1. The summed E-state index contributed by atoms with van der Waals surface area (Å²) in [6.45, 7) is 1.90. The second-order valence-corrected chi connectivity index (χ2v) is 7.32. The zero-order valence-corrected chi connectivity index (χ0v) is 17.1. The normalized spacial score (nSPS) is 10.4. The highest BCUT2D eigenvalue weighted by Gasteiger charge is 2.18. The molecule has 0 saturated heterocycles. The Labute approximate surface area is 173 Å². The second-order valence-electron chi connectivity index (χ2n) is 6.32. The molecule has 0 aliphatic carbocycles. The van der Waals surface area contributed by atoms with E-state index in [9.17, 15) is 9.59 Å². The summed E-state index contributed by atoms with van der Waals surface area (Å²) in [6, 6.07) is 17.3. The van der Waals surface area contributed by atoms with E-state index < -0.39 is 5.97 Å². The van der Waals surface area contributed by atoms with Gasteiger partial charge in [-0.2, -0.15) is 0 Å². The number of carbonyl (C=O) groups excluding carboxylic acids is 2. The van der Waals surface area contributed by atoms with Crippen LogP contribution in [0.2, 0.25) is 0 Å². The first-order valence-electron chi connectivity index (χ1n) is 9.16. The van der Waals surface area contributed by atoms with Crippen molar-refractivity contribution in [3.05, 3.63) is 70.7 Å². The van der Waals surface area contributed by atoms with Gasteiger partial charge in [0.1, 0.15) is 15.6 Å². The van der Waals surface area contributed by atoms with Crippen LogP contribution in [-0.2, 0) is 16.0 Å². The molecule has 0 saturated carbocycles. The van der Waals surface area contributed by atoms with Crippen LogP contribution in [0, 0.1) is 6.92 Å². The van der Waals surface area contributed by atoms with Crippen LogP contribution in [0.3, 0.4) is 0 Å². The van der Waals surface area contributed by atoms with Crippen molar-refractivity contribution in [2.24, 2.45) is 0 Å². The molecule has 1 aromatic heterocycles. The number of ether oxygens (including phenoxy) is 2. The van der Waals surface area contributed by atoms with Crippen LogP contribution in [0.5, 0.6) is 5.75 Å². The highest BCUT2D eigenvalue weighted by Crippen LogP contribution is 2.28. The standard InChI is InChI=1S/C22H22N2O4S/c1-15-20(29-21(24-15)17-6-4-3-5-7-17)22(26)28-14-19(25)23-13-12-16-8-10-18(27-2)11-9-16/h3-11H,12-14H2,1-2H3,(H,23,25). The average molecular weight is 410 g/mol. The van der Waals surface area contributed by atoms with Crippen LogP contribution in [-0.4, -0.2) is 37.1 Å². The Morgan fingerprint density at radius 2 is 1.79 bits per heavy atom. The second kappa shape index (κ2) is 9.84. The van der Waals surface area contributed by atoms with Crippen LogP contribution in [0.15, 0.2) is 54.6 Å². The summed E-state index contributed by atoms with van der Waals surface area (Å²) in [4.78, 5) is 29.1. The fourth-order valence-electron chi connectivity index (χ4n) is 2.68. The monoisotopic (exact) mass is 410 g/mol.